The summed E-state index contributed by atoms with van der Waals surface area (Å²) in [4.78, 5) is 20.1. The first-order valence-corrected chi connectivity index (χ1v) is 7.28. The summed E-state index contributed by atoms with van der Waals surface area (Å²) in [6.45, 7) is 4.99. The van der Waals surface area contributed by atoms with Gasteiger partial charge in [-0.1, -0.05) is 13.8 Å². The molecule has 0 unspecified atom stereocenters. The molecule has 2 aromatic rings. The van der Waals surface area contributed by atoms with Crippen molar-refractivity contribution in [1.82, 2.24) is 9.97 Å². The van der Waals surface area contributed by atoms with Crippen LogP contribution in [-0.4, -0.2) is 22.4 Å². The molecule has 1 aromatic carbocycles. The molecule has 0 atom stereocenters. The first-order valence-electron chi connectivity index (χ1n) is 7.28. The zero-order valence-electron chi connectivity index (χ0n) is 12.9. The molecule has 1 aromatic heterocycles. The molecule has 0 fully saturated rings. The van der Waals surface area contributed by atoms with Gasteiger partial charge >= 0.3 is 0 Å². The molecule has 2 N–H and O–H groups in total. The Bertz CT molecular complexity index is 674. The van der Waals surface area contributed by atoms with E-state index in [0.29, 0.717) is 11.9 Å². The molecule has 23 heavy (non-hydrogen) atoms. The summed E-state index contributed by atoms with van der Waals surface area (Å²) in [5.74, 6) is -1.48. The fourth-order valence-electron chi connectivity index (χ4n) is 1.79. The maximum absolute atomic E-state index is 13.1. The molecule has 5 nitrogen and oxygen atoms in total. The van der Waals surface area contributed by atoms with Gasteiger partial charge in [0.15, 0.2) is 11.6 Å². The van der Waals surface area contributed by atoms with E-state index in [1.165, 1.54) is 18.5 Å². The molecule has 1 amide bonds. The highest BCUT2D eigenvalue weighted by Crippen LogP contribution is 2.14. The largest absolute Gasteiger partial charge is 0.354 e. The molecule has 2 rings (SSSR count). The summed E-state index contributed by atoms with van der Waals surface area (Å²) in [6.07, 6.45) is 3.74. The van der Waals surface area contributed by atoms with Gasteiger partial charge in [-0.15, -0.1) is 0 Å². The Kier molecular flexibility index (Phi) is 5.56. The molecule has 0 saturated carbocycles. The van der Waals surface area contributed by atoms with Crippen molar-refractivity contribution in [3.05, 3.63) is 47.8 Å². The highest BCUT2D eigenvalue weighted by molar-refractivity contribution is 6.03. The molecule has 0 saturated heterocycles. The summed E-state index contributed by atoms with van der Waals surface area (Å²) in [6, 6.07) is 3.14. The second-order valence-corrected chi connectivity index (χ2v) is 5.49. The second-order valence-electron chi connectivity index (χ2n) is 5.49. The van der Waals surface area contributed by atoms with Crippen molar-refractivity contribution in [2.75, 3.05) is 17.2 Å². The van der Waals surface area contributed by atoms with Crippen molar-refractivity contribution in [2.45, 2.75) is 20.3 Å². The normalized spacial score (nSPS) is 10.7. The first-order chi connectivity index (χ1) is 11.0. The van der Waals surface area contributed by atoms with E-state index in [-0.39, 0.29) is 11.3 Å². The molecule has 0 aliphatic rings. The van der Waals surface area contributed by atoms with Crippen LogP contribution in [0.5, 0.6) is 0 Å². The number of amides is 1. The number of halogens is 2. The van der Waals surface area contributed by atoms with E-state index in [4.69, 9.17) is 0 Å². The van der Waals surface area contributed by atoms with Gasteiger partial charge in [0.1, 0.15) is 0 Å². The number of benzene rings is 1. The molecule has 0 aliphatic carbocycles. The van der Waals surface area contributed by atoms with E-state index < -0.39 is 17.5 Å². The van der Waals surface area contributed by atoms with Gasteiger partial charge in [0.2, 0.25) is 5.95 Å². The van der Waals surface area contributed by atoms with E-state index >= 15 is 0 Å². The summed E-state index contributed by atoms with van der Waals surface area (Å²) in [5.41, 5.74) is 0.386. The van der Waals surface area contributed by atoms with Gasteiger partial charge < -0.3 is 10.6 Å². The van der Waals surface area contributed by atoms with Crippen LogP contribution in [0, 0.1) is 17.6 Å². The molecule has 1 heterocycles. The maximum atomic E-state index is 13.1. The Morgan fingerprint density at radius 3 is 2.48 bits per heavy atom. The third kappa shape index (κ3) is 4.98. The van der Waals surface area contributed by atoms with Crippen LogP contribution in [-0.2, 0) is 0 Å². The molecular weight excluding hydrogens is 302 g/mol. The molecular formula is C16H18F2N4O. The zero-order valence-corrected chi connectivity index (χ0v) is 12.9. The molecule has 7 heteroatoms. The number of hydrogen-bond donors (Lipinski definition) is 2. The lowest BCUT2D eigenvalue weighted by Gasteiger charge is -2.08. The van der Waals surface area contributed by atoms with Crippen LogP contribution in [0.25, 0.3) is 0 Å². The second kappa shape index (κ2) is 7.62. The van der Waals surface area contributed by atoms with Gasteiger partial charge in [-0.3, -0.25) is 4.79 Å². The van der Waals surface area contributed by atoms with E-state index in [2.05, 4.69) is 34.4 Å². The fraction of sp³-hybridized carbons (Fsp3) is 0.312. The molecule has 0 spiro atoms. The summed E-state index contributed by atoms with van der Waals surface area (Å²) in [7, 11) is 0. The molecule has 0 aliphatic heterocycles. The van der Waals surface area contributed by atoms with Crippen LogP contribution in [0.2, 0.25) is 0 Å². The van der Waals surface area contributed by atoms with Crippen molar-refractivity contribution >= 4 is 17.5 Å². The van der Waals surface area contributed by atoms with Crippen molar-refractivity contribution < 1.29 is 13.6 Å². The van der Waals surface area contributed by atoms with Crippen LogP contribution >= 0.6 is 0 Å². The predicted octanol–water partition coefficient (Wildman–Crippen LogP) is 3.47. The number of carbonyl (C=O) groups is 1. The van der Waals surface area contributed by atoms with Crippen LogP contribution < -0.4 is 10.6 Å². The number of hydrogen-bond acceptors (Lipinski definition) is 4. The highest BCUT2D eigenvalue weighted by atomic mass is 19.2. The van der Waals surface area contributed by atoms with E-state index in [1.807, 2.05) is 0 Å². The topological polar surface area (TPSA) is 66.9 Å². The minimum atomic E-state index is -1.02. The molecule has 0 bridgehead atoms. The lowest BCUT2D eigenvalue weighted by atomic mass is 10.1. The Hall–Kier alpha value is -2.57. The van der Waals surface area contributed by atoms with E-state index in [9.17, 15) is 13.6 Å². The van der Waals surface area contributed by atoms with E-state index in [0.717, 1.165) is 25.1 Å². The number of nitrogens with one attached hydrogen (secondary N) is 2. The summed E-state index contributed by atoms with van der Waals surface area (Å²) in [5, 5.41) is 5.52. The van der Waals surface area contributed by atoms with Crippen LogP contribution in [0.3, 0.4) is 0 Å². The Morgan fingerprint density at radius 1 is 1.17 bits per heavy atom. The number of anilines is 2. The van der Waals surface area contributed by atoms with Gasteiger partial charge in [0.25, 0.3) is 5.91 Å². The van der Waals surface area contributed by atoms with Gasteiger partial charge in [0, 0.05) is 30.7 Å². The average molecular weight is 320 g/mol. The number of carbonyl (C=O) groups excluding carboxylic acids is 1. The van der Waals surface area contributed by atoms with Gasteiger partial charge in [-0.25, -0.2) is 18.7 Å². The lowest BCUT2D eigenvalue weighted by Crippen LogP contribution is -2.14. The van der Waals surface area contributed by atoms with Crippen LogP contribution in [0.15, 0.2) is 30.6 Å². The Labute approximate surface area is 133 Å². The highest BCUT2D eigenvalue weighted by Gasteiger charge is 2.09. The quantitative estimate of drug-likeness (QED) is 0.855. The van der Waals surface area contributed by atoms with Crippen molar-refractivity contribution in [2.24, 2.45) is 5.92 Å². The fourth-order valence-corrected chi connectivity index (χ4v) is 1.79. The number of rotatable bonds is 6. The summed E-state index contributed by atoms with van der Waals surface area (Å²) < 4.78 is 25.9. The van der Waals surface area contributed by atoms with Crippen molar-refractivity contribution in [1.29, 1.82) is 0 Å². The third-order valence-electron chi connectivity index (χ3n) is 3.10. The zero-order chi connectivity index (χ0) is 16.8. The molecule has 0 radical (unpaired) electrons. The number of aromatic nitrogens is 2. The number of nitrogens with zero attached hydrogens (tertiary/aromatic N) is 2. The van der Waals surface area contributed by atoms with Gasteiger partial charge in [-0.2, -0.15) is 0 Å². The summed E-state index contributed by atoms with van der Waals surface area (Å²) >= 11 is 0. The Morgan fingerprint density at radius 2 is 1.87 bits per heavy atom. The third-order valence-corrected chi connectivity index (χ3v) is 3.10. The van der Waals surface area contributed by atoms with Crippen molar-refractivity contribution in [3.63, 3.8) is 0 Å². The first kappa shape index (κ1) is 16.8. The van der Waals surface area contributed by atoms with Crippen LogP contribution in [0.4, 0.5) is 20.4 Å². The van der Waals surface area contributed by atoms with E-state index in [1.54, 1.807) is 0 Å². The average Bonchev–Trinajstić information content (AvgIpc) is 2.51. The van der Waals surface area contributed by atoms with Gasteiger partial charge in [-0.05, 0) is 24.5 Å². The SMILES string of the molecule is CC(C)CCNc1ncc(C(=O)Nc2ccc(F)c(F)c2)cn1. The Balaban J connectivity index is 1.95. The van der Waals surface area contributed by atoms with Crippen LogP contribution in [0.1, 0.15) is 30.6 Å². The monoisotopic (exact) mass is 320 g/mol. The smallest absolute Gasteiger partial charge is 0.258 e. The predicted molar refractivity (Wildman–Crippen MR) is 84.3 cm³/mol. The standard InChI is InChI=1S/C16H18F2N4O/c1-10(2)5-6-19-16-20-8-11(9-21-16)15(23)22-12-3-4-13(17)14(18)7-12/h3-4,7-10H,5-6H2,1-2H3,(H,22,23)(H,19,20,21). The minimum Gasteiger partial charge on any atom is -0.354 e. The minimum absolute atomic E-state index is 0.160. The van der Waals surface area contributed by atoms with Crippen molar-refractivity contribution in [3.8, 4) is 0 Å². The molecule has 122 valence electrons. The maximum Gasteiger partial charge on any atom is 0.258 e. The lowest BCUT2D eigenvalue weighted by molar-refractivity contribution is 0.102. The van der Waals surface area contributed by atoms with Gasteiger partial charge in [0.05, 0.1) is 5.56 Å².